The van der Waals surface area contributed by atoms with Gasteiger partial charge in [0.1, 0.15) is 6.54 Å². The van der Waals surface area contributed by atoms with Crippen LogP contribution in [0.5, 0.6) is 0 Å². The van der Waals surface area contributed by atoms with Crippen molar-refractivity contribution >= 4 is 11.9 Å². The van der Waals surface area contributed by atoms with Gasteiger partial charge in [-0.15, -0.1) is 0 Å². The van der Waals surface area contributed by atoms with Crippen LogP contribution in [-0.4, -0.2) is 80.7 Å². The number of amides is 1. The maximum absolute atomic E-state index is 12.3. The Morgan fingerprint density at radius 3 is 2.32 bits per heavy atom. The molecule has 9 heteroatoms. The molecular formula is C16H32F3N5O. The fourth-order valence-electron chi connectivity index (χ4n) is 2.31. The lowest BCUT2D eigenvalue weighted by atomic mass is 10.2. The second-order valence-electron chi connectivity index (χ2n) is 6.01. The normalized spacial score (nSPS) is 13.7. The quantitative estimate of drug-likeness (QED) is 0.456. The molecule has 1 atom stereocenters. The summed E-state index contributed by atoms with van der Waals surface area (Å²) < 4.78 is 36.8. The van der Waals surface area contributed by atoms with Gasteiger partial charge in [0, 0.05) is 20.1 Å². The highest BCUT2D eigenvalue weighted by Gasteiger charge is 2.31. The largest absolute Gasteiger partial charge is 0.406 e. The monoisotopic (exact) mass is 367 g/mol. The number of alkyl halides is 3. The van der Waals surface area contributed by atoms with Crippen molar-refractivity contribution in [1.29, 1.82) is 0 Å². The first kappa shape index (κ1) is 23.5. The zero-order valence-electron chi connectivity index (χ0n) is 15.9. The van der Waals surface area contributed by atoms with Crippen molar-refractivity contribution in [1.82, 2.24) is 20.4 Å². The fourth-order valence-corrected chi connectivity index (χ4v) is 2.31. The van der Waals surface area contributed by atoms with Crippen LogP contribution in [0, 0.1) is 0 Å². The minimum Gasteiger partial charge on any atom is -0.354 e. The number of halogens is 3. The van der Waals surface area contributed by atoms with E-state index in [2.05, 4.69) is 34.4 Å². The molecule has 0 saturated carbocycles. The summed E-state index contributed by atoms with van der Waals surface area (Å²) in [4.78, 5) is 18.7. The van der Waals surface area contributed by atoms with Gasteiger partial charge in [-0.05, 0) is 39.4 Å². The van der Waals surface area contributed by atoms with Crippen LogP contribution in [0.4, 0.5) is 13.2 Å². The van der Waals surface area contributed by atoms with E-state index in [1.54, 1.807) is 7.05 Å². The van der Waals surface area contributed by atoms with Crippen molar-refractivity contribution < 1.29 is 18.0 Å². The second kappa shape index (κ2) is 11.9. The highest BCUT2D eigenvalue weighted by Crippen LogP contribution is 2.15. The molecule has 0 heterocycles. The Labute approximate surface area is 148 Å². The van der Waals surface area contributed by atoms with Gasteiger partial charge < -0.3 is 20.4 Å². The van der Waals surface area contributed by atoms with E-state index >= 15 is 0 Å². The number of aliphatic imine (C=N–C) groups is 1. The number of nitrogens with zero attached hydrogens (tertiary/aromatic N) is 3. The lowest BCUT2D eigenvalue weighted by molar-refractivity contribution is -0.157. The van der Waals surface area contributed by atoms with Gasteiger partial charge in [0.05, 0.1) is 6.54 Å². The lowest BCUT2D eigenvalue weighted by Crippen LogP contribution is -2.47. The zero-order chi connectivity index (χ0) is 19.5. The minimum atomic E-state index is -4.40. The van der Waals surface area contributed by atoms with Gasteiger partial charge in [-0.25, -0.2) is 0 Å². The average molecular weight is 367 g/mol. The first-order chi connectivity index (χ1) is 11.6. The Morgan fingerprint density at radius 1 is 1.24 bits per heavy atom. The topological polar surface area (TPSA) is 60.0 Å². The maximum Gasteiger partial charge on any atom is 0.406 e. The van der Waals surface area contributed by atoms with Crippen molar-refractivity contribution in [2.24, 2.45) is 4.99 Å². The molecule has 0 aliphatic carbocycles. The van der Waals surface area contributed by atoms with Crippen LogP contribution in [-0.2, 0) is 4.79 Å². The highest BCUT2D eigenvalue weighted by molar-refractivity contribution is 5.86. The number of nitrogens with one attached hydrogen (secondary N) is 2. The number of likely N-dealkylation sites (N-methyl/N-ethyl adjacent to an activating group) is 1. The van der Waals surface area contributed by atoms with Crippen molar-refractivity contribution in [3.63, 3.8) is 0 Å². The van der Waals surface area contributed by atoms with E-state index in [4.69, 9.17) is 0 Å². The van der Waals surface area contributed by atoms with E-state index in [-0.39, 0.29) is 12.6 Å². The molecule has 6 nitrogen and oxygen atoms in total. The van der Waals surface area contributed by atoms with Crippen LogP contribution in [0.25, 0.3) is 0 Å². The molecule has 148 valence electrons. The predicted octanol–water partition coefficient (Wildman–Crippen LogP) is 1.68. The van der Waals surface area contributed by atoms with Gasteiger partial charge in [0.25, 0.3) is 0 Å². The average Bonchev–Trinajstić information content (AvgIpc) is 2.53. The van der Waals surface area contributed by atoms with Gasteiger partial charge in [0.2, 0.25) is 5.91 Å². The lowest BCUT2D eigenvalue weighted by Gasteiger charge is -2.22. The molecule has 0 spiro atoms. The molecule has 0 saturated heterocycles. The van der Waals surface area contributed by atoms with E-state index in [0.29, 0.717) is 10.9 Å². The van der Waals surface area contributed by atoms with E-state index < -0.39 is 18.6 Å². The van der Waals surface area contributed by atoms with Crippen LogP contribution in [0.15, 0.2) is 4.99 Å². The molecule has 0 aliphatic heterocycles. The first-order valence-corrected chi connectivity index (χ1v) is 8.63. The summed E-state index contributed by atoms with van der Waals surface area (Å²) in [5, 5.41) is 5.90. The van der Waals surface area contributed by atoms with E-state index in [9.17, 15) is 18.0 Å². The highest BCUT2D eigenvalue weighted by atomic mass is 19.4. The minimum absolute atomic E-state index is 0.143. The van der Waals surface area contributed by atoms with Crippen LogP contribution in [0.2, 0.25) is 0 Å². The molecular weight excluding hydrogens is 335 g/mol. The number of hydrogen-bond acceptors (Lipinski definition) is 3. The Balaban J connectivity index is 4.19. The maximum atomic E-state index is 12.3. The van der Waals surface area contributed by atoms with Crippen molar-refractivity contribution in [2.45, 2.75) is 45.8 Å². The van der Waals surface area contributed by atoms with E-state index in [1.165, 1.54) is 0 Å². The molecule has 0 rings (SSSR count). The van der Waals surface area contributed by atoms with Crippen LogP contribution < -0.4 is 10.6 Å². The summed E-state index contributed by atoms with van der Waals surface area (Å²) >= 11 is 0. The molecule has 0 fully saturated rings. The molecule has 1 amide bonds. The van der Waals surface area contributed by atoms with Crippen LogP contribution >= 0.6 is 0 Å². The summed E-state index contributed by atoms with van der Waals surface area (Å²) in [6.07, 6.45) is -2.44. The summed E-state index contributed by atoms with van der Waals surface area (Å²) in [7, 11) is 2.69. The number of guanidine groups is 1. The first-order valence-electron chi connectivity index (χ1n) is 8.63. The summed E-state index contributed by atoms with van der Waals surface area (Å²) in [6.45, 7) is 7.83. The molecule has 25 heavy (non-hydrogen) atoms. The molecule has 0 radical (unpaired) electrons. The van der Waals surface area contributed by atoms with E-state index in [1.807, 2.05) is 6.92 Å². The number of carbonyl (C=O) groups excluding carboxylic acids is 1. The third-order valence-electron chi connectivity index (χ3n) is 3.86. The van der Waals surface area contributed by atoms with Crippen molar-refractivity contribution in [3.05, 3.63) is 0 Å². The number of carbonyl (C=O) groups is 1. The standard InChI is InChI=1S/C16H32F3N5O/c1-6-24(7-2)10-8-9-13(3)22-15(20-4)21-11-14(25)23(5)12-16(17,18)19/h13H,6-12H2,1-5H3,(H2,20,21,22). The molecule has 0 aliphatic rings. The second-order valence-corrected chi connectivity index (χ2v) is 6.01. The van der Waals surface area contributed by atoms with Gasteiger partial charge >= 0.3 is 6.18 Å². The molecule has 1 unspecified atom stereocenters. The molecule has 0 bridgehead atoms. The van der Waals surface area contributed by atoms with Gasteiger partial charge in [-0.2, -0.15) is 13.2 Å². The van der Waals surface area contributed by atoms with Crippen molar-refractivity contribution in [3.8, 4) is 0 Å². The Kier molecular flexibility index (Phi) is 11.2. The Hall–Kier alpha value is -1.51. The van der Waals surface area contributed by atoms with Crippen molar-refractivity contribution in [2.75, 3.05) is 46.8 Å². The third-order valence-corrected chi connectivity index (χ3v) is 3.86. The van der Waals surface area contributed by atoms with Gasteiger partial charge in [-0.3, -0.25) is 9.79 Å². The summed E-state index contributed by atoms with van der Waals surface area (Å²) in [5.74, 6) is -0.237. The molecule has 0 aromatic heterocycles. The van der Waals surface area contributed by atoms with Crippen LogP contribution in [0.3, 0.4) is 0 Å². The SMILES string of the molecule is CCN(CC)CCCC(C)NC(=NC)NCC(=O)N(C)CC(F)(F)F. The van der Waals surface area contributed by atoms with Gasteiger partial charge in [-0.1, -0.05) is 13.8 Å². The molecule has 0 aromatic carbocycles. The molecule has 2 N–H and O–H groups in total. The molecule has 0 aromatic rings. The smallest absolute Gasteiger partial charge is 0.354 e. The Morgan fingerprint density at radius 2 is 1.84 bits per heavy atom. The predicted molar refractivity (Wildman–Crippen MR) is 94.7 cm³/mol. The Bertz CT molecular complexity index is 411. The van der Waals surface area contributed by atoms with Crippen LogP contribution in [0.1, 0.15) is 33.6 Å². The summed E-state index contributed by atoms with van der Waals surface area (Å²) in [5.41, 5.74) is 0. The van der Waals surface area contributed by atoms with E-state index in [0.717, 1.165) is 39.5 Å². The number of hydrogen-bond donors (Lipinski definition) is 2. The third kappa shape index (κ3) is 11.6. The fraction of sp³-hybridized carbons (Fsp3) is 0.875. The van der Waals surface area contributed by atoms with Gasteiger partial charge in [0.15, 0.2) is 5.96 Å². The summed E-state index contributed by atoms with van der Waals surface area (Å²) in [6, 6.07) is 0.143. The number of rotatable bonds is 10. The zero-order valence-corrected chi connectivity index (χ0v) is 15.9.